The topological polar surface area (TPSA) is 109 Å². The summed E-state index contributed by atoms with van der Waals surface area (Å²) in [7, 11) is -4.91. The third-order valence-electron chi connectivity index (χ3n) is 1.76. The van der Waals surface area contributed by atoms with Crippen LogP contribution in [0.5, 0.6) is 0 Å². The number of carboxylic acid groups (broad SMARTS) is 1. The van der Waals surface area contributed by atoms with E-state index in [1.165, 1.54) is 10.8 Å². The number of carboxylic acids is 1. The Morgan fingerprint density at radius 3 is 2.47 bits per heavy atom. The highest BCUT2D eigenvalue weighted by atomic mass is 32.2. The zero-order valence-corrected chi connectivity index (χ0v) is 9.04. The van der Waals surface area contributed by atoms with Crippen LogP contribution < -0.4 is 10.5 Å². The van der Waals surface area contributed by atoms with Crippen molar-refractivity contribution in [2.75, 3.05) is 10.5 Å². The van der Waals surface area contributed by atoms with Gasteiger partial charge in [-0.05, 0) is 18.2 Å². The van der Waals surface area contributed by atoms with Crippen LogP contribution in [0.3, 0.4) is 0 Å². The summed E-state index contributed by atoms with van der Waals surface area (Å²) in [5.41, 5.74) is 4.40. The lowest BCUT2D eigenvalue weighted by Crippen LogP contribution is -2.22. The minimum absolute atomic E-state index is 0.0717. The zero-order chi connectivity index (χ0) is 13.2. The molecule has 0 amide bonds. The van der Waals surface area contributed by atoms with Gasteiger partial charge in [-0.15, -0.1) is 0 Å². The first-order valence-corrected chi connectivity index (χ1v) is 5.71. The largest absolute Gasteiger partial charge is 0.478 e. The second-order valence-electron chi connectivity index (χ2n) is 3.02. The van der Waals surface area contributed by atoms with Crippen LogP contribution in [0.4, 0.5) is 20.2 Å². The van der Waals surface area contributed by atoms with Crippen LogP contribution >= 0.6 is 0 Å². The Labute approximate surface area is 95.1 Å². The van der Waals surface area contributed by atoms with Crippen LogP contribution in [0.15, 0.2) is 18.2 Å². The Balaban J connectivity index is 3.20. The molecule has 0 unspecified atom stereocenters. The predicted molar refractivity (Wildman–Crippen MR) is 56.4 cm³/mol. The van der Waals surface area contributed by atoms with E-state index in [2.05, 4.69) is 0 Å². The Hall–Kier alpha value is -1.90. The predicted octanol–water partition coefficient (Wildman–Crippen LogP) is 0.931. The molecule has 0 spiro atoms. The van der Waals surface area contributed by atoms with Gasteiger partial charge in [-0.1, -0.05) is 0 Å². The number of benzene rings is 1. The number of halogens is 2. The number of aromatic carboxylic acids is 1. The van der Waals surface area contributed by atoms with E-state index in [1.807, 2.05) is 0 Å². The fourth-order valence-corrected chi connectivity index (χ4v) is 1.60. The highest BCUT2D eigenvalue weighted by Gasteiger charge is 2.25. The van der Waals surface area contributed by atoms with E-state index < -0.39 is 33.0 Å². The van der Waals surface area contributed by atoms with Crippen molar-refractivity contribution >= 4 is 27.4 Å². The van der Waals surface area contributed by atoms with Crippen molar-refractivity contribution < 1.29 is 27.1 Å². The number of sulfonamides is 1. The highest BCUT2D eigenvalue weighted by molar-refractivity contribution is 7.93. The first-order chi connectivity index (χ1) is 7.74. The fraction of sp³-hybridized carbons (Fsp3) is 0.125. The van der Waals surface area contributed by atoms with E-state index >= 15 is 0 Å². The summed E-state index contributed by atoms with van der Waals surface area (Å²) in [6.07, 6.45) is 0. The smallest absolute Gasteiger partial charge is 0.355 e. The van der Waals surface area contributed by atoms with E-state index in [9.17, 15) is 22.0 Å². The minimum atomic E-state index is -4.91. The molecule has 0 heterocycles. The lowest BCUT2D eigenvalue weighted by Gasteiger charge is -2.10. The van der Waals surface area contributed by atoms with Crippen molar-refractivity contribution in [3.05, 3.63) is 23.8 Å². The van der Waals surface area contributed by atoms with Crippen LogP contribution in [-0.4, -0.2) is 25.3 Å². The molecule has 1 aromatic carbocycles. The molecule has 0 saturated carbocycles. The molecule has 0 fully saturated rings. The first kappa shape index (κ1) is 13.2. The Bertz CT molecular complexity index is 544. The minimum Gasteiger partial charge on any atom is -0.478 e. The van der Waals surface area contributed by atoms with E-state index in [4.69, 9.17) is 10.8 Å². The normalized spacial score (nSPS) is 11.5. The van der Waals surface area contributed by atoms with Gasteiger partial charge in [0.25, 0.3) is 10.0 Å². The molecule has 0 aromatic heterocycles. The number of nitrogens with one attached hydrogen (secondary N) is 1. The number of anilines is 2. The van der Waals surface area contributed by atoms with Gasteiger partial charge in [0.1, 0.15) is 0 Å². The van der Waals surface area contributed by atoms with Crippen LogP contribution in [0.2, 0.25) is 0 Å². The average molecular weight is 266 g/mol. The Morgan fingerprint density at radius 1 is 1.41 bits per heavy atom. The van der Waals surface area contributed by atoms with Crippen LogP contribution in [-0.2, 0) is 10.0 Å². The van der Waals surface area contributed by atoms with E-state index in [-0.39, 0.29) is 5.69 Å². The molecule has 9 heteroatoms. The van der Waals surface area contributed by atoms with Crippen molar-refractivity contribution in [1.82, 2.24) is 0 Å². The van der Waals surface area contributed by atoms with E-state index in [0.717, 1.165) is 12.1 Å². The van der Waals surface area contributed by atoms with Crippen LogP contribution in [0.1, 0.15) is 10.4 Å². The first-order valence-electron chi connectivity index (χ1n) is 4.16. The van der Waals surface area contributed by atoms with Gasteiger partial charge in [-0.2, -0.15) is 8.78 Å². The molecule has 0 atom stereocenters. The summed E-state index contributed by atoms with van der Waals surface area (Å²) in [6.45, 7) is 0. The van der Waals surface area contributed by atoms with Gasteiger partial charge in [0.15, 0.2) is 0 Å². The molecule has 1 rings (SSSR count). The molecule has 1 aromatic rings. The monoisotopic (exact) mass is 266 g/mol. The Morgan fingerprint density at radius 2 is 2.00 bits per heavy atom. The lowest BCUT2D eigenvalue weighted by molar-refractivity contribution is 0.0698. The number of hydrogen-bond acceptors (Lipinski definition) is 4. The number of hydrogen-bond donors (Lipinski definition) is 3. The van der Waals surface area contributed by atoms with Crippen molar-refractivity contribution in [2.45, 2.75) is 5.76 Å². The van der Waals surface area contributed by atoms with Crippen molar-refractivity contribution in [1.29, 1.82) is 0 Å². The lowest BCUT2D eigenvalue weighted by atomic mass is 10.1. The molecule has 17 heavy (non-hydrogen) atoms. The molecular weight excluding hydrogens is 258 g/mol. The standard InChI is InChI=1S/C8H8F2N2O4S/c9-8(10)17(15,16)12-6-2-1-4(11)3-5(6)7(13)14/h1-3,8,12H,11H2,(H,13,14). The molecule has 0 radical (unpaired) electrons. The molecular formula is C8H8F2N2O4S. The molecule has 6 nitrogen and oxygen atoms in total. The van der Waals surface area contributed by atoms with Gasteiger partial charge in [-0.3, -0.25) is 4.72 Å². The highest BCUT2D eigenvalue weighted by Crippen LogP contribution is 2.21. The number of nitrogen functional groups attached to an aromatic ring is 1. The summed E-state index contributed by atoms with van der Waals surface area (Å²) < 4.78 is 47.4. The second-order valence-corrected chi connectivity index (χ2v) is 4.67. The van der Waals surface area contributed by atoms with Crippen LogP contribution in [0, 0.1) is 0 Å². The SMILES string of the molecule is Nc1ccc(NS(=O)(=O)C(F)F)c(C(=O)O)c1. The summed E-state index contributed by atoms with van der Waals surface area (Å²) in [5.74, 6) is -5.13. The number of rotatable bonds is 4. The number of carbonyl (C=O) groups is 1. The maximum Gasteiger partial charge on any atom is 0.355 e. The van der Waals surface area contributed by atoms with Crippen molar-refractivity contribution in [2.24, 2.45) is 0 Å². The second kappa shape index (κ2) is 4.53. The van der Waals surface area contributed by atoms with Crippen molar-refractivity contribution in [3.63, 3.8) is 0 Å². The van der Waals surface area contributed by atoms with Gasteiger partial charge in [0.05, 0.1) is 11.3 Å². The average Bonchev–Trinajstić information content (AvgIpc) is 2.19. The van der Waals surface area contributed by atoms with E-state index in [0.29, 0.717) is 0 Å². The van der Waals surface area contributed by atoms with Gasteiger partial charge in [0, 0.05) is 5.69 Å². The summed E-state index contributed by atoms with van der Waals surface area (Å²) in [4.78, 5) is 10.8. The summed E-state index contributed by atoms with van der Waals surface area (Å²) in [5, 5.41) is 8.75. The molecule has 4 N–H and O–H groups in total. The van der Waals surface area contributed by atoms with Gasteiger partial charge in [-0.25, -0.2) is 13.2 Å². The van der Waals surface area contributed by atoms with Gasteiger partial charge < -0.3 is 10.8 Å². The zero-order valence-electron chi connectivity index (χ0n) is 8.22. The van der Waals surface area contributed by atoms with Gasteiger partial charge in [0.2, 0.25) is 0 Å². The quantitative estimate of drug-likeness (QED) is 0.702. The number of alkyl halides is 2. The summed E-state index contributed by atoms with van der Waals surface area (Å²) in [6, 6.07) is 3.15. The third-order valence-corrected chi connectivity index (χ3v) is 2.73. The molecule has 0 bridgehead atoms. The van der Waals surface area contributed by atoms with Crippen molar-refractivity contribution in [3.8, 4) is 0 Å². The van der Waals surface area contributed by atoms with Gasteiger partial charge >= 0.3 is 11.7 Å². The summed E-state index contributed by atoms with van der Waals surface area (Å²) >= 11 is 0. The maximum absolute atomic E-state index is 12.1. The third kappa shape index (κ3) is 3.03. The molecule has 0 saturated heterocycles. The molecule has 0 aliphatic rings. The Kier molecular flexibility index (Phi) is 3.51. The van der Waals surface area contributed by atoms with Crippen LogP contribution in [0.25, 0.3) is 0 Å². The molecule has 0 aliphatic heterocycles. The molecule has 0 aliphatic carbocycles. The maximum atomic E-state index is 12.1. The fourth-order valence-electron chi connectivity index (χ4n) is 1.03. The van der Waals surface area contributed by atoms with E-state index in [1.54, 1.807) is 0 Å². The number of nitrogens with two attached hydrogens (primary N) is 1. The molecule has 94 valence electrons.